The smallest absolute Gasteiger partial charge is 0.411 e. The van der Waals surface area contributed by atoms with Gasteiger partial charge >= 0.3 is 6.09 Å². The van der Waals surface area contributed by atoms with E-state index in [1.165, 1.54) is 19.2 Å². The van der Waals surface area contributed by atoms with Crippen LogP contribution in [0.25, 0.3) is 0 Å². The molecule has 2 aliphatic rings. The van der Waals surface area contributed by atoms with Gasteiger partial charge in [0, 0.05) is 12.3 Å². The van der Waals surface area contributed by atoms with Crippen LogP contribution in [-0.4, -0.2) is 46.8 Å². The number of hydrogen-bond acceptors (Lipinski definition) is 4. The third-order valence-corrected chi connectivity index (χ3v) is 3.99. The van der Waals surface area contributed by atoms with E-state index in [1.807, 2.05) is 6.92 Å². The molecule has 0 fully saturated rings. The number of phenols is 1. The van der Waals surface area contributed by atoms with Crippen LogP contribution in [-0.2, 0) is 0 Å². The molecular formula is C15H16N2O5. The molecule has 1 atom stereocenters. The highest BCUT2D eigenvalue weighted by Gasteiger charge is 2.38. The van der Waals surface area contributed by atoms with Crippen molar-refractivity contribution in [3.63, 3.8) is 0 Å². The lowest BCUT2D eigenvalue weighted by molar-refractivity contribution is 0.0794. The zero-order valence-corrected chi connectivity index (χ0v) is 12.2. The van der Waals surface area contributed by atoms with Gasteiger partial charge in [0.1, 0.15) is 0 Å². The number of benzene rings is 1. The molecule has 7 heteroatoms. The number of hydrogen-bond donors (Lipinski definition) is 2. The second-order valence-electron chi connectivity index (χ2n) is 5.48. The standard InChI is InChI=1S/C15H16N2O5/c1-8-3-9-7-17(15(20)21)11-5-12(18)13(22-2)4-10(11)14(19)16(9)6-8/h4-6,9,18H,3,7H2,1-2H3,(H,20,21). The Morgan fingerprint density at radius 1 is 1.41 bits per heavy atom. The average molecular weight is 304 g/mol. The fourth-order valence-corrected chi connectivity index (χ4v) is 2.99. The van der Waals surface area contributed by atoms with Crippen molar-refractivity contribution in [2.75, 3.05) is 18.6 Å². The minimum atomic E-state index is -1.16. The van der Waals surface area contributed by atoms with E-state index < -0.39 is 6.09 Å². The van der Waals surface area contributed by atoms with Crippen molar-refractivity contribution in [2.45, 2.75) is 19.4 Å². The number of anilines is 1. The molecule has 0 spiro atoms. The number of amides is 2. The lowest BCUT2D eigenvalue weighted by Crippen LogP contribution is -2.40. The predicted octanol–water partition coefficient (Wildman–Crippen LogP) is 2.02. The third-order valence-electron chi connectivity index (χ3n) is 3.99. The third kappa shape index (κ3) is 2.05. The minimum absolute atomic E-state index is 0.135. The van der Waals surface area contributed by atoms with Crippen molar-refractivity contribution in [1.82, 2.24) is 4.90 Å². The summed E-state index contributed by atoms with van der Waals surface area (Å²) in [7, 11) is 1.38. The number of methoxy groups -OCH3 is 1. The summed E-state index contributed by atoms with van der Waals surface area (Å²) < 4.78 is 5.03. The summed E-state index contributed by atoms with van der Waals surface area (Å²) in [6, 6.07) is 2.41. The van der Waals surface area contributed by atoms with E-state index >= 15 is 0 Å². The first-order valence-corrected chi connectivity index (χ1v) is 6.83. The summed E-state index contributed by atoms with van der Waals surface area (Å²) in [6.45, 7) is 2.07. The van der Waals surface area contributed by atoms with E-state index in [4.69, 9.17) is 4.74 Å². The normalized spacial score (nSPS) is 20.2. The molecule has 3 rings (SSSR count). The maximum absolute atomic E-state index is 12.7. The first kappa shape index (κ1) is 14.2. The Bertz CT molecular complexity index is 697. The van der Waals surface area contributed by atoms with Crippen molar-refractivity contribution in [3.05, 3.63) is 29.5 Å². The highest BCUT2D eigenvalue weighted by atomic mass is 16.5. The average Bonchev–Trinajstić information content (AvgIpc) is 2.79. The van der Waals surface area contributed by atoms with E-state index in [1.54, 1.807) is 11.1 Å². The molecule has 1 unspecified atom stereocenters. The number of phenolic OH excluding ortho intramolecular Hbond substituents is 1. The lowest BCUT2D eigenvalue weighted by atomic mass is 10.1. The van der Waals surface area contributed by atoms with E-state index in [2.05, 4.69) is 0 Å². The fraction of sp³-hybridized carbons (Fsp3) is 0.333. The number of carbonyl (C=O) groups excluding carboxylic acids is 1. The summed E-state index contributed by atoms with van der Waals surface area (Å²) in [6.07, 6.45) is 1.22. The summed E-state index contributed by atoms with van der Waals surface area (Å²) >= 11 is 0. The Labute approximate surface area is 127 Å². The molecule has 22 heavy (non-hydrogen) atoms. The van der Waals surface area contributed by atoms with Crippen LogP contribution in [0.4, 0.5) is 10.5 Å². The van der Waals surface area contributed by atoms with Crippen LogP contribution in [0.15, 0.2) is 23.9 Å². The van der Waals surface area contributed by atoms with Crippen LogP contribution in [0, 0.1) is 0 Å². The van der Waals surface area contributed by atoms with E-state index in [0.29, 0.717) is 6.42 Å². The van der Waals surface area contributed by atoms with Crippen molar-refractivity contribution in [1.29, 1.82) is 0 Å². The Hall–Kier alpha value is -2.70. The molecule has 0 aromatic heterocycles. The topological polar surface area (TPSA) is 90.3 Å². The molecule has 116 valence electrons. The number of nitrogens with zero attached hydrogens (tertiary/aromatic N) is 2. The van der Waals surface area contributed by atoms with Gasteiger partial charge < -0.3 is 19.8 Å². The SMILES string of the molecule is COc1cc2c(cc1O)N(C(=O)O)CC1CC(C)=CN1C2=O. The van der Waals surface area contributed by atoms with E-state index in [-0.39, 0.29) is 41.2 Å². The van der Waals surface area contributed by atoms with E-state index in [9.17, 15) is 19.8 Å². The Balaban J connectivity index is 2.19. The first-order valence-electron chi connectivity index (χ1n) is 6.83. The second kappa shape index (κ2) is 4.94. The summed E-state index contributed by atoms with van der Waals surface area (Å²) in [4.78, 5) is 27.0. The number of carboxylic acid groups (broad SMARTS) is 1. The van der Waals surface area contributed by atoms with Gasteiger partial charge in [-0.2, -0.15) is 0 Å². The number of aromatic hydroxyl groups is 1. The van der Waals surface area contributed by atoms with Gasteiger partial charge in [0.05, 0.1) is 30.9 Å². The van der Waals surface area contributed by atoms with Gasteiger partial charge in [-0.3, -0.25) is 9.69 Å². The molecule has 7 nitrogen and oxygen atoms in total. The number of rotatable bonds is 1. The molecule has 2 amide bonds. The number of carbonyl (C=O) groups is 2. The minimum Gasteiger partial charge on any atom is -0.504 e. The van der Waals surface area contributed by atoms with Gasteiger partial charge in [-0.05, 0) is 19.4 Å². The fourth-order valence-electron chi connectivity index (χ4n) is 2.99. The van der Waals surface area contributed by atoms with Gasteiger partial charge in [-0.15, -0.1) is 0 Å². The second-order valence-corrected chi connectivity index (χ2v) is 5.48. The monoisotopic (exact) mass is 304 g/mol. The molecule has 0 bridgehead atoms. The van der Waals surface area contributed by atoms with Crippen LogP contribution in [0.2, 0.25) is 0 Å². The Morgan fingerprint density at radius 2 is 2.14 bits per heavy atom. The molecule has 2 heterocycles. The van der Waals surface area contributed by atoms with Crippen molar-refractivity contribution in [2.24, 2.45) is 0 Å². The molecule has 1 aromatic rings. The quantitative estimate of drug-likeness (QED) is 0.828. The molecule has 0 saturated carbocycles. The predicted molar refractivity (Wildman–Crippen MR) is 78.4 cm³/mol. The largest absolute Gasteiger partial charge is 0.504 e. The Morgan fingerprint density at radius 3 is 2.77 bits per heavy atom. The molecule has 2 N–H and O–H groups in total. The molecule has 1 aromatic carbocycles. The maximum atomic E-state index is 12.7. The molecule has 0 aliphatic carbocycles. The summed E-state index contributed by atoms with van der Waals surface area (Å²) in [5.74, 6) is -0.358. The van der Waals surface area contributed by atoms with Gasteiger partial charge in [-0.1, -0.05) is 5.57 Å². The lowest BCUT2D eigenvalue weighted by Gasteiger charge is -2.23. The van der Waals surface area contributed by atoms with E-state index in [0.717, 1.165) is 10.5 Å². The van der Waals surface area contributed by atoms with Gasteiger partial charge in [-0.25, -0.2) is 4.79 Å². The zero-order valence-electron chi connectivity index (χ0n) is 12.2. The number of fused-ring (bicyclic) bond motifs is 2. The highest BCUT2D eigenvalue weighted by molar-refractivity contribution is 6.06. The molecule has 0 saturated heterocycles. The summed E-state index contributed by atoms with van der Waals surface area (Å²) in [5, 5.41) is 19.4. The van der Waals surface area contributed by atoms with Gasteiger partial charge in [0.15, 0.2) is 11.5 Å². The van der Waals surface area contributed by atoms with Crippen molar-refractivity contribution in [3.8, 4) is 11.5 Å². The van der Waals surface area contributed by atoms with Crippen LogP contribution >= 0.6 is 0 Å². The van der Waals surface area contributed by atoms with Crippen LogP contribution < -0.4 is 9.64 Å². The molecular weight excluding hydrogens is 288 g/mol. The molecule has 0 radical (unpaired) electrons. The van der Waals surface area contributed by atoms with Crippen LogP contribution in [0.3, 0.4) is 0 Å². The highest BCUT2D eigenvalue weighted by Crippen LogP contribution is 2.39. The maximum Gasteiger partial charge on any atom is 0.411 e. The molecule has 2 aliphatic heterocycles. The van der Waals surface area contributed by atoms with Crippen LogP contribution in [0.1, 0.15) is 23.7 Å². The summed E-state index contributed by atoms with van der Waals surface area (Å²) in [5.41, 5.74) is 1.40. The van der Waals surface area contributed by atoms with Crippen molar-refractivity contribution >= 4 is 17.7 Å². The number of ether oxygens (including phenoxy) is 1. The Kier molecular flexibility index (Phi) is 3.20. The van der Waals surface area contributed by atoms with Crippen LogP contribution in [0.5, 0.6) is 11.5 Å². The first-order chi connectivity index (χ1) is 10.4. The van der Waals surface area contributed by atoms with Crippen molar-refractivity contribution < 1.29 is 24.5 Å². The van der Waals surface area contributed by atoms with Gasteiger partial charge in [0.2, 0.25) is 0 Å². The van der Waals surface area contributed by atoms with Gasteiger partial charge in [0.25, 0.3) is 5.91 Å². The zero-order chi connectivity index (χ0) is 16.0.